The van der Waals surface area contributed by atoms with Crippen LogP contribution in [0.2, 0.25) is 0 Å². The summed E-state index contributed by atoms with van der Waals surface area (Å²) >= 11 is 1.46. The molecule has 0 saturated heterocycles. The number of carbonyl (C=O) groups is 2. The Bertz CT molecular complexity index is 1170. The molecule has 0 unspecified atom stereocenters. The third-order valence-corrected chi connectivity index (χ3v) is 5.81. The zero-order valence-electron chi connectivity index (χ0n) is 16.6. The monoisotopic (exact) mass is 429 g/mol. The maximum atomic E-state index is 12.8. The van der Waals surface area contributed by atoms with E-state index in [4.69, 9.17) is 10.00 Å². The third kappa shape index (κ3) is 5.05. The molecule has 0 fully saturated rings. The zero-order chi connectivity index (χ0) is 21.6. The lowest BCUT2D eigenvalue weighted by atomic mass is 10.1. The van der Waals surface area contributed by atoms with Gasteiger partial charge in [-0.25, -0.2) is 0 Å². The van der Waals surface area contributed by atoms with Gasteiger partial charge in [0.1, 0.15) is 12.4 Å². The first kappa shape index (κ1) is 20.5. The molecule has 0 aliphatic carbocycles. The molecule has 0 spiro atoms. The van der Waals surface area contributed by atoms with Crippen molar-refractivity contribution in [3.05, 3.63) is 83.4 Å². The van der Waals surface area contributed by atoms with Crippen LogP contribution in [0.3, 0.4) is 0 Å². The number of para-hydroxylation sites is 1. The molecular weight excluding hydrogens is 410 g/mol. The van der Waals surface area contributed by atoms with E-state index in [9.17, 15) is 9.59 Å². The van der Waals surface area contributed by atoms with Crippen LogP contribution in [0.15, 0.2) is 71.6 Å². The van der Waals surface area contributed by atoms with Gasteiger partial charge in [-0.2, -0.15) is 5.26 Å². The number of nitriles is 1. The maximum Gasteiger partial charge on any atom is 0.255 e. The fraction of sp³-hybridized carbons (Fsp3) is 0.125. The predicted molar refractivity (Wildman–Crippen MR) is 120 cm³/mol. The van der Waals surface area contributed by atoms with Gasteiger partial charge >= 0.3 is 0 Å². The first-order valence-corrected chi connectivity index (χ1v) is 10.7. The van der Waals surface area contributed by atoms with Crippen molar-refractivity contribution < 1.29 is 14.3 Å². The lowest BCUT2D eigenvalue weighted by Crippen LogP contribution is -2.20. The first-order valence-electron chi connectivity index (χ1n) is 9.67. The van der Waals surface area contributed by atoms with Crippen LogP contribution in [0.4, 0.5) is 11.4 Å². The van der Waals surface area contributed by atoms with Crippen LogP contribution in [-0.4, -0.2) is 17.6 Å². The highest BCUT2D eigenvalue weighted by Gasteiger charge is 2.18. The summed E-state index contributed by atoms with van der Waals surface area (Å²) in [4.78, 5) is 25.4. The van der Waals surface area contributed by atoms with Gasteiger partial charge in [-0.15, -0.1) is 11.8 Å². The average Bonchev–Trinajstić information content (AvgIpc) is 2.79. The van der Waals surface area contributed by atoms with Gasteiger partial charge in [-0.05, 0) is 42.0 Å². The molecule has 6 nitrogen and oxygen atoms in total. The molecule has 154 valence electrons. The number of ether oxygens (including phenoxy) is 1. The summed E-state index contributed by atoms with van der Waals surface area (Å²) < 4.78 is 5.85. The van der Waals surface area contributed by atoms with E-state index in [2.05, 4.69) is 16.7 Å². The zero-order valence-corrected chi connectivity index (χ0v) is 17.4. The normalized spacial score (nSPS) is 12.3. The Morgan fingerprint density at radius 3 is 2.74 bits per heavy atom. The topological polar surface area (TPSA) is 91.2 Å². The minimum atomic E-state index is -0.263. The maximum absolute atomic E-state index is 12.8. The van der Waals surface area contributed by atoms with Gasteiger partial charge in [0.2, 0.25) is 5.91 Å². The summed E-state index contributed by atoms with van der Waals surface area (Å²) in [6, 6.07) is 22.2. The lowest BCUT2D eigenvalue weighted by molar-refractivity contribution is -0.113. The molecular formula is C24H19N3O3S. The minimum absolute atomic E-state index is 0.0711. The van der Waals surface area contributed by atoms with Crippen LogP contribution in [0.1, 0.15) is 21.5 Å². The van der Waals surface area contributed by atoms with Crippen LogP contribution in [0.5, 0.6) is 5.75 Å². The minimum Gasteiger partial charge on any atom is -0.489 e. The second-order valence-corrected chi connectivity index (χ2v) is 7.94. The van der Waals surface area contributed by atoms with Crippen LogP contribution < -0.4 is 15.4 Å². The largest absolute Gasteiger partial charge is 0.489 e. The molecule has 0 saturated carbocycles. The van der Waals surface area contributed by atoms with Crippen LogP contribution in [0.25, 0.3) is 0 Å². The molecule has 1 aliphatic rings. The van der Waals surface area contributed by atoms with Crippen LogP contribution in [-0.2, 0) is 17.8 Å². The van der Waals surface area contributed by atoms with Crippen molar-refractivity contribution in [3.8, 4) is 11.8 Å². The van der Waals surface area contributed by atoms with E-state index in [1.165, 1.54) is 11.8 Å². The number of nitrogens with one attached hydrogen (secondary N) is 2. The molecule has 2 amide bonds. The van der Waals surface area contributed by atoms with Gasteiger partial charge in [0, 0.05) is 21.7 Å². The van der Waals surface area contributed by atoms with Crippen molar-refractivity contribution in [3.63, 3.8) is 0 Å². The predicted octanol–water partition coefficient (Wildman–Crippen LogP) is 4.63. The van der Waals surface area contributed by atoms with E-state index < -0.39 is 0 Å². The Morgan fingerprint density at radius 2 is 1.94 bits per heavy atom. The molecule has 2 N–H and O–H groups in total. The molecule has 0 atom stereocenters. The number of amides is 2. The van der Waals surface area contributed by atoms with Crippen molar-refractivity contribution in [2.45, 2.75) is 17.9 Å². The van der Waals surface area contributed by atoms with Crippen LogP contribution >= 0.6 is 11.8 Å². The van der Waals surface area contributed by atoms with Gasteiger partial charge in [0.15, 0.2) is 0 Å². The summed E-state index contributed by atoms with van der Waals surface area (Å²) in [6.07, 6.45) is 0.361. The number of fused-ring (bicyclic) bond motifs is 1. The fourth-order valence-electron chi connectivity index (χ4n) is 3.14. The highest BCUT2D eigenvalue weighted by Crippen LogP contribution is 2.32. The smallest absolute Gasteiger partial charge is 0.255 e. The van der Waals surface area contributed by atoms with Crippen molar-refractivity contribution in [2.75, 3.05) is 16.4 Å². The number of rotatable bonds is 6. The molecule has 1 aliphatic heterocycles. The second kappa shape index (κ2) is 9.37. The Labute approximate surface area is 184 Å². The van der Waals surface area contributed by atoms with E-state index in [0.717, 1.165) is 16.0 Å². The van der Waals surface area contributed by atoms with Crippen LogP contribution in [0, 0.1) is 11.3 Å². The standard InChI is InChI=1S/C24H19N3O3S/c25-12-11-16-5-8-19(9-6-16)30-14-18-3-1-2-4-20(18)27-24(29)17-7-10-22-21(13-17)26-23(28)15-31-22/h1-10,13H,11,14-15H2,(H,26,28)(H,27,29). The first-order chi connectivity index (χ1) is 15.1. The lowest BCUT2D eigenvalue weighted by Gasteiger charge is -2.17. The van der Waals surface area contributed by atoms with Crippen molar-refractivity contribution in [2.24, 2.45) is 0 Å². The number of hydrogen-bond donors (Lipinski definition) is 2. The molecule has 3 aromatic rings. The number of carbonyl (C=O) groups excluding carboxylic acids is 2. The second-order valence-electron chi connectivity index (χ2n) is 6.93. The van der Waals surface area contributed by atoms with Crippen molar-refractivity contribution in [1.29, 1.82) is 5.26 Å². The summed E-state index contributed by atoms with van der Waals surface area (Å²) in [5, 5.41) is 14.5. The molecule has 0 bridgehead atoms. The van der Waals surface area contributed by atoms with Gasteiger partial charge < -0.3 is 15.4 Å². The molecule has 31 heavy (non-hydrogen) atoms. The third-order valence-electron chi connectivity index (χ3n) is 4.74. The Kier molecular flexibility index (Phi) is 6.20. The Hall–Kier alpha value is -3.76. The van der Waals surface area contributed by atoms with Gasteiger partial charge in [-0.1, -0.05) is 30.3 Å². The number of hydrogen-bond acceptors (Lipinski definition) is 5. The highest BCUT2D eigenvalue weighted by molar-refractivity contribution is 8.00. The van der Waals surface area contributed by atoms with E-state index in [-0.39, 0.29) is 18.4 Å². The van der Waals surface area contributed by atoms with Gasteiger partial charge in [0.25, 0.3) is 5.91 Å². The summed E-state index contributed by atoms with van der Waals surface area (Å²) in [5.74, 6) is 0.734. The number of anilines is 2. The SMILES string of the molecule is N#CCc1ccc(OCc2ccccc2NC(=O)c2ccc3c(c2)NC(=O)CS3)cc1. The van der Waals surface area contributed by atoms with E-state index in [1.54, 1.807) is 12.1 Å². The number of thioether (sulfide) groups is 1. The summed E-state index contributed by atoms with van der Waals surface area (Å²) in [6.45, 7) is 0.283. The molecule has 0 aromatic heterocycles. The van der Waals surface area contributed by atoms with Crippen molar-refractivity contribution >= 4 is 35.0 Å². The van der Waals surface area contributed by atoms with E-state index in [1.807, 2.05) is 54.6 Å². The van der Waals surface area contributed by atoms with Gasteiger partial charge in [0.05, 0.1) is 23.9 Å². The summed E-state index contributed by atoms with van der Waals surface area (Å²) in [5.41, 5.74) is 3.54. The molecule has 7 heteroatoms. The fourth-order valence-corrected chi connectivity index (χ4v) is 3.93. The van der Waals surface area contributed by atoms with Crippen molar-refractivity contribution in [1.82, 2.24) is 0 Å². The van der Waals surface area contributed by atoms with E-state index >= 15 is 0 Å². The summed E-state index contributed by atoms with van der Waals surface area (Å²) in [7, 11) is 0. The average molecular weight is 430 g/mol. The molecule has 3 aromatic carbocycles. The molecule has 0 radical (unpaired) electrons. The number of nitrogens with zero attached hydrogens (tertiary/aromatic N) is 1. The molecule has 1 heterocycles. The molecule has 4 rings (SSSR count). The number of benzene rings is 3. The Morgan fingerprint density at radius 1 is 1.13 bits per heavy atom. The quantitative estimate of drug-likeness (QED) is 0.596. The van der Waals surface area contributed by atoms with E-state index in [0.29, 0.717) is 34.9 Å². The Balaban J connectivity index is 1.45. The van der Waals surface area contributed by atoms with Gasteiger partial charge in [-0.3, -0.25) is 9.59 Å². The highest BCUT2D eigenvalue weighted by atomic mass is 32.2.